The van der Waals surface area contributed by atoms with E-state index in [0.29, 0.717) is 16.7 Å². The fourth-order valence-corrected chi connectivity index (χ4v) is 2.56. The van der Waals surface area contributed by atoms with Crippen molar-refractivity contribution in [3.8, 4) is 0 Å². The number of aromatic nitrogens is 1. The lowest BCUT2D eigenvalue weighted by Gasteiger charge is -2.13. The van der Waals surface area contributed by atoms with Gasteiger partial charge >= 0.3 is 5.97 Å². The van der Waals surface area contributed by atoms with Crippen LogP contribution in [-0.2, 0) is 4.79 Å². The first-order chi connectivity index (χ1) is 10.1. The highest BCUT2D eigenvalue weighted by molar-refractivity contribution is 6.02. The number of likely N-dealkylation sites (N-methyl/N-ethyl adjacent to an activating group) is 1. The van der Waals surface area contributed by atoms with Crippen LogP contribution in [0.5, 0.6) is 0 Å². The summed E-state index contributed by atoms with van der Waals surface area (Å²) < 4.78 is 0. The van der Waals surface area contributed by atoms with Crippen molar-refractivity contribution in [2.24, 2.45) is 0 Å². The van der Waals surface area contributed by atoms with Crippen molar-refractivity contribution in [1.82, 2.24) is 9.88 Å². The number of nitrogens with one attached hydrogen (secondary N) is 1. The van der Waals surface area contributed by atoms with Crippen molar-refractivity contribution in [2.75, 3.05) is 18.9 Å². The van der Waals surface area contributed by atoms with E-state index in [1.807, 2.05) is 0 Å². The quantitative estimate of drug-likeness (QED) is 0.894. The Morgan fingerprint density at radius 1 is 1.38 bits per heavy atom. The van der Waals surface area contributed by atoms with Crippen LogP contribution < -0.4 is 5.32 Å². The van der Waals surface area contributed by atoms with E-state index in [2.05, 4.69) is 10.3 Å². The smallest absolute Gasteiger partial charge is 0.336 e. The number of carbonyl (C=O) groups excluding carboxylic acids is 1. The van der Waals surface area contributed by atoms with Crippen LogP contribution in [0.2, 0.25) is 0 Å². The lowest BCUT2D eigenvalue weighted by Crippen LogP contribution is -2.31. The molecule has 2 N–H and O–H groups in total. The van der Waals surface area contributed by atoms with E-state index in [9.17, 15) is 9.59 Å². The highest BCUT2D eigenvalue weighted by Gasteiger charge is 2.29. The van der Waals surface area contributed by atoms with Crippen molar-refractivity contribution >= 4 is 28.6 Å². The van der Waals surface area contributed by atoms with Gasteiger partial charge in [-0.2, -0.15) is 0 Å². The van der Waals surface area contributed by atoms with Crippen LogP contribution in [0.4, 0.5) is 5.82 Å². The van der Waals surface area contributed by atoms with E-state index >= 15 is 0 Å². The minimum absolute atomic E-state index is 0.0520. The van der Waals surface area contributed by atoms with Crippen molar-refractivity contribution in [1.29, 1.82) is 0 Å². The molecule has 1 aromatic heterocycles. The number of nitrogens with zero attached hydrogens (tertiary/aromatic N) is 2. The van der Waals surface area contributed by atoms with Crippen LogP contribution in [0.25, 0.3) is 10.9 Å². The second-order valence-electron chi connectivity index (χ2n) is 5.12. The van der Waals surface area contributed by atoms with Gasteiger partial charge in [-0.25, -0.2) is 9.78 Å². The molecule has 0 saturated carbocycles. The molecule has 0 radical (unpaired) electrons. The zero-order valence-corrected chi connectivity index (χ0v) is 11.5. The third-order valence-electron chi connectivity index (χ3n) is 3.71. The second kappa shape index (κ2) is 5.05. The van der Waals surface area contributed by atoms with Gasteiger partial charge in [-0.05, 0) is 30.7 Å². The molecule has 1 saturated heterocycles. The van der Waals surface area contributed by atoms with Crippen molar-refractivity contribution in [3.63, 3.8) is 0 Å². The Labute approximate surface area is 121 Å². The zero-order valence-electron chi connectivity index (χ0n) is 11.5. The summed E-state index contributed by atoms with van der Waals surface area (Å²) in [6.07, 6.45) is 0.740. The Morgan fingerprint density at radius 3 is 2.86 bits per heavy atom. The number of benzene rings is 1. The number of pyridine rings is 1. The molecule has 0 bridgehead atoms. The normalized spacial score (nSPS) is 18.2. The maximum atomic E-state index is 11.9. The highest BCUT2D eigenvalue weighted by Crippen LogP contribution is 2.21. The average Bonchev–Trinajstić information content (AvgIpc) is 2.78. The van der Waals surface area contributed by atoms with E-state index < -0.39 is 5.97 Å². The predicted molar refractivity (Wildman–Crippen MR) is 78.4 cm³/mol. The summed E-state index contributed by atoms with van der Waals surface area (Å²) in [5.74, 6) is -0.342. The first-order valence-corrected chi connectivity index (χ1v) is 6.71. The molecule has 108 valence electrons. The van der Waals surface area contributed by atoms with Crippen LogP contribution in [0.15, 0.2) is 30.3 Å². The lowest BCUT2D eigenvalue weighted by molar-refractivity contribution is -0.127. The molecule has 1 atom stereocenters. The van der Waals surface area contributed by atoms with Gasteiger partial charge < -0.3 is 15.3 Å². The number of aromatic carboxylic acids is 1. The van der Waals surface area contributed by atoms with Crippen molar-refractivity contribution < 1.29 is 14.7 Å². The Kier molecular flexibility index (Phi) is 3.21. The number of likely N-dealkylation sites (tertiary alicyclic amines) is 1. The van der Waals surface area contributed by atoms with E-state index in [1.54, 1.807) is 42.3 Å². The van der Waals surface area contributed by atoms with E-state index in [0.717, 1.165) is 13.0 Å². The molecule has 21 heavy (non-hydrogen) atoms. The third kappa shape index (κ3) is 2.40. The van der Waals surface area contributed by atoms with Gasteiger partial charge in [0.05, 0.1) is 11.1 Å². The number of hydrogen-bond donors (Lipinski definition) is 2. The molecule has 0 spiro atoms. The molecule has 1 fully saturated rings. The average molecular weight is 285 g/mol. The summed E-state index contributed by atoms with van der Waals surface area (Å²) in [4.78, 5) is 29.1. The van der Waals surface area contributed by atoms with Crippen LogP contribution in [-0.4, -0.2) is 46.5 Å². The number of amides is 1. The molecule has 0 aliphatic carbocycles. The number of fused-ring (bicyclic) bond motifs is 1. The largest absolute Gasteiger partial charge is 0.478 e. The summed E-state index contributed by atoms with van der Waals surface area (Å²) in [6.45, 7) is 0.729. The number of rotatable bonds is 3. The summed E-state index contributed by atoms with van der Waals surface area (Å²) in [6, 6.07) is 8.14. The van der Waals surface area contributed by atoms with Gasteiger partial charge in [-0.15, -0.1) is 0 Å². The summed E-state index contributed by atoms with van der Waals surface area (Å²) in [5, 5.41) is 12.9. The fraction of sp³-hybridized carbons (Fsp3) is 0.267. The Bertz CT molecular complexity index is 729. The summed E-state index contributed by atoms with van der Waals surface area (Å²) in [5.41, 5.74) is 0.821. The molecule has 1 aromatic carbocycles. The first-order valence-electron chi connectivity index (χ1n) is 6.71. The van der Waals surface area contributed by atoms with Crippen molar-refractivity contribution in [3.05, 3.63) is 35.9 Å². The van der Waals surface area contributed by atoms with E-state index in [4.69, 9.17) is 5.11 Å². The number of carboxylic acids is 1. The maximum absolute atomic E-state index is 11.9. The summed E-state index contributed by atoms with van der Waals surface area (Å²) in [7, 11) is 1.77. The van der Waals surface area contributed by atoms with Gasteiger partial charge in [0.15, 0.2) is 0 Å². The molecule has 6 nitrogen and oxygen atoms in total. The number of carboxylic acid groups (broad SMARTS) is 1. The molecule has 3 rings (SSSR count). The van der Waals surface area contributed by atoms with Crippen LogP contribution in [0, 0.1) is 0 Å². The summed E-state index contributed by atoms with van der Waals surface area (Å²) >= 11 is 0. The second-order valence-corrected chi connectivity index (χ2v) is 5.12. The molecule has 1 unspecified atom stereocenters. The molecule has 1 aliphatic rings. The van der Waals surface area contributed by atoms with Crippen LogP contribution in [0.3, 0.4) is 0 Å². The van der Waals surface area contributed by atoms with Gasteiger partial charge in [0.1, 0.15) is 11.9 Å². The minimum atomic E-state index is -0.976. The molecular weight excluding hydrogens is 270 g/mol. The monoisotopic (exact) mass is 285 g/mol. The van der Waals surface area contributed by atoms with Gasteiger partial charge in [0.25, 0.3) is 0 Å². The number of hydrogen-bond acceptors (Lipinski definition) is 4. The fourth-order valence-electron chi connectivity index (χ4n) is 2.56. The molecule has 1 aliphatic heterocycles. The van der Waals surface area contributed by atoms with E-state index in [-0.39, 0.29) is 17.5 Å². The SMILES string of the molecule is CN1CCC(Nc2ccc3c(C(=O)O)cccc3n2)C1=O. The van der Waals surface area contributed by atoms with Crippen molar-refractivity contribution in [2.45, 2.75) is 12.5 Å². The maximum Gasteiger partial charge on any atom is 0.336 e. The zero-order chi connectivity index (χ0) is 15.0. The molecular formula is C15H15N3O3. The van der Waals surface area contributed by atoms with Gasteiger partial charge in [-0.3, -0.25) is 4.79 Å². The topological polar surface area (TPSA) is 82.5 Å². The first kappa shape index (κ1) is 13.4. The Balaban J connectivity index is 1.92. The van der Waals surface area contributed by atoms with Gasteiger partial charge in [0.2, 0.25) is 5.91 Å². The Morgan fingerprint density at radius 2 is 2.19 bits per heavy atom. The molecule has 2 heterocycles. The lowest BCUT2D eigenvalue weighted by atomic mass is 10.1. The molecule has 2 aromatic rings. The number of carbonyl (C=O) groups is 2. The standard InChI is InChI=1S/C15H15N3O3/c1-18-8-7-12(14(18)19)17-13-6-5-9-10(15(20)21)3-2-4-11(9)16-13/h2-6,12H,7-8H2,1H3,(H,16,17)(H,20,21). The predicted octanol–water partition coefficient (Wildman–Crippen LogP) is 1.58. The van der Waals surface area contributed by atoms with Gasteiger partial charge in [0, 0.05) is 19.0 Å². The number of anilines is 1. The minimum Gasteiger partial charge on any atom is -0.478 e. The van der Waals surface area contributed by atoms with Crippen LogP contribution >= 0.6 is 0 Å². The Hall–Kier alpha value is -2.63. The third-order valence-corrected chi connectivity index (χ3v) is 3.71. The molecule has 1 amide bonds. The molecule has 6 heteroatoms. The highest BCUT2D eigenvalue weighted by atomic mass is 16.4. The van der Waals surface area contributed by atoms with Crippen LogP contribution in [0.1, 0.15) is 16.8 Å². The van der Waals surface area contributed by atoms with Gasteiger partial charge in [-0.1, -0.05) is 6.07 Å². The van der Waals surface area contributed by atoms with E-state index in [1.165, 1.54) is 0 Å².